The molecule has 4 rings (SSSR count). The maximum Gasteiger partial charge on any atom is 0.425 e. The number of rotatable bonds is 8. The Balaban J connectivity index is 1.62. The Hall–Kier alpha value is -3.64. The number of alkyl halides is 3. The summed E-state index contributed by atoms with van der Waals surface area (Å²) in [5, 5.41) is 9.10. The fourth-order valence-corrected chi connectivity index (χ4v) is 4.46. The van der Waals surface area contributed by atoms with Crippen LogP contribution in [0.15, 0.2) is 54.6 Å². The molecule has 1 aliphatic heterocycles. The highest BCUT2D eigenvalue weighted by atomic mass is 19.4. The second-order valence-corrected chi connectivity index (χ2v) is 8.59. The summed E-state index contributed by atoms with van der Waals surface area (Å²) in [7, 11) is 2.66. The fourth-order valence-electron chi connectivity index (χ4n) is 4.46. The van der Waals surface area contributed by atoms with Gasteiger partial charge in [0.25, 0.3) is 0 Å². The Kier molecular flexibility index (Phi) is 7.98. The Bertz CT molecular complexity index is 1200. The van der Waals surface area contributed by atoms with Crippen molar-refractivity contribution in [3.63, 3.8) is 0 Å². The van der Waals surface area contributed by atoms with E-state index in [0.29, 0.717) is 31.9 Å². The zero-order chi connectivity index (χ0) is 26.6. The molecule has 1 fully saturated rings. The third-order valence-electron chi connectivity index (χ3n) is 6.18. The number of amides is 2. The molecule has 1 saturated heterocycles. The molecule has 0 radical (unpaired) electrons. The van der Waals surface area contributed by atoms with Crippen molar-refractivity contribution in [2.24, 2.45) is 0 Å². The summed E-state index contributed by atoms with van der Waals surface area (Å²) in [5.41, 5.74) is -0.0850. The molecule has 2 amide bonds. The zero-order valence-electron chi connectivity index (χ0n) is 20.3. The third-order valence-corrected chi connectivity index (χ3v) is 6.18. The van der Waals surface area contributed by atoms with E-state index in [1.54, 1.807) is 49.6 Å². The van der Waals surface area contributed by atoms with Crippen LogP contribution < -0.4 is 15.4 Å². The summed E-state index contributed by atoms with van der Waals surface area (Å²) in [6, 6.07) is 12.8. The minimum atomic E-state index is -4.85. The topological polar surface area (TPSA) is 80.7 Å². The number of anilines is 1. The van der Waals surface area contributed by atoms with E-state index < -0.39 is 35.5 Å². The SMILES string of the molecule is COCCN1C[C@@H](NC(=O)Nc2c(C(F)(F)F)c(OC)nn2-c2ccccc2)[C@H](c2ccc(F)cc2)C1. The molecule has 0 spiro atoms. The van der Waals surface area contributed by atoms with E-state index in [1.165, 1.54) is 12.1 Å². The lowest BCUT2D eigenvalue weighted by Gasteiger charge is -2.21. The van der Waals surface area contributed by atoms with E-state index in [2.05, 4.69) is 20.6 Å². The molecule has 1 aliphatic rings. The first-order valence-electron chi connectivity index (χ1n) is 11.5. The molecule has 37 heavy (non-hydrogen) atoms. The van der Waals surface area contributed by atoms with Gasteiger partial charge in [-0.15, -0.1) is 5.10 Å². The zero-order valence-corrected chi connectivity index (χ0v) is 20.3. The quantitative estimate of drug-likeness (QED) is 0.433. The van der Waals surface area contributed by atoms with Crippen molar-refractivity contribution in [1.29, 1.82) is 0 Å². The highest BCUT2D eigenvalue weighted by Crippen LogP contribution is 2.42. The second kappa shape index (κ2) is 11.2. The summed E-state index contributed by atoms with van der Waals surface area (Å²) >= 11 is 0. The van der Waals surface area contributed by atoms with Crippen molar-refractivity contribution in [1.82, 2.24) is 20.0 Å². The van der Waals surface area contributed by atoms with Gasteiger partial charge in [-0.2, -0.15) is 13.2 Å². The van der Waals surface area contributed by atoms with Crippen LogP contribution in [0.2, 0.25) is 0 Å². The van der Waals surface area contributed by atoms with Crippen LogP contribution in [0.4, 0.5) is 28.2 Å². The van der Waals surface area contributed by atoms with E-state index >= 15 is 0 Å². The maximum atomic E-state index is 14.0. The Morgan fingerprint density at radius 2 is 1.78 bits per heavy atom. The van der Waals surface area contributed by atoms with Crippen LogP contribution >= 0.6 is 0 Å². The lowest BCUT2D eigenvalue weighted by atomic mass is 9.94. The highest BCUT2D eigenvalue weighted by Gasteiger charge is 2.43. The molecule has 2 aromatic carbocycles. The molecule has 12 heteroatoms. The van der Waals surface area contributed by atoms with Crippen molar-refractivity contribution in [3.05, 3.63) is 71.5 Å². The summed E-state index contributed by atoms with van der Waals surface area (Å²) in [4.78, 5) is 15.2. The van der Waals surface area contributed by atoms with E-state index in [-0.39, 0.29) is 11.7 Å². The molecule has 0 saturated carbocycles. The second-order valence-electron chi connectivity index (χ2n) is 8.59. The monoisotopic (exact) mass is 521 g/mol. The minimum absolute atomic E-state index is 0.209. The van der Waals surface area contributed by atoms with Crippen LogP contribution in [0, 0.1) is 5.82 Å². The van der Waals surface area contributed by atoms with Crippen molar-refractivity contribution in [3.8, 4) is 11.6 Å². The molecule has 0 aliphatic carbocycles. The average Bonchev–Trinajstić information content (AvgIpc) is 3.44. The molecule has 1 aromatic heterocycles. The van der Waals surface area contributed by atoms with Gasteiger partial charge in [-0.3, -0.25) is 10.2 Å². The molecular weight excluding hydrogens is 494 g/mol. The van der Waals surface area contributed by atoms with Crippen molar-refractivity contribution < 1.29 is 31.8 Å². The summed E-state index contributed by atoms with van der Waals surface area (Å²) < 4.78 is 66.6. The summed E-state index contributed by atoms with van der Waals surface area (Å²) in [5.74, 6) is -1.83. The number of hydrogen-bond donors (Lipinski definition) is 2. The number of halogens is 4. The average molecular weight is 522 g/mol. The normalized spacial score (nSPS) is 18.1. The van der Waals surface area contributed by atoms with Crippen molar-refractivity contribution >= 4 is 11.8 Å². The molecule has 8 nitrogen and oxygen atoms in total. The van der Waals surface area contributed by atoms with Gasteiger partial charge in [0.2, 0.25) is 5.88 Å². The van der Waals surface area contributed by atoms with Crippen LogP contribution in [0.5, 0.6) is 5.88 Å². The predicted molar refractivity (Wildman–Crippen MR) is 129 cm³/mol. The standard InChI is InChI=1S/C25H27F4N5O3/c1-36-13-12-33-14-19(16-8-10-17(26)11-9-16)20(15-33)30-24(35)31-22-21(25(27,28)29)23(37-2)32-34(22)18-6-4-3-5-7-18/h3-11,19-20H,12-15H2,1-2H3,(H2,30,31,35)/t19-,20+/m0/s1. The molecular formula is C25H27F4N5O3. The number of benzene rings is 2. The Morgan fingerprint density at radius 1 is 1.08 bits per heavy atom. The number of hydrogen-bond acceptors (Lipinski definition) is 5. The van der Waals surface area contributed by atoms with Gasteiger partial charge in [0.15, 0.2) is 11.4 Å². The molecule has 0 unspecified atom stereocenters. The number of likely N-dealkylation sites (tertiary alicyclic amines) is 1. The predicted octanol–water partition coefficient (Wildman–Crippen LogP) is 4.27. The molecule has 3 aromatic rings. The van der Waals surface area contributed by atoms with E-state index in [9.17, 15) is 22.4 Å². The van der Waals surface area contributed by atoms with Gasteiger partial charge < -0.3 is 14.8 Å². The molecule has 0 bridgehead atoms. The first-order chi connectivity index (χ1) is 17.7. The Labute approximate surface area is 211 Å². The maximum absolute atomic E-state index is 14.0. The van der Waals surface area contributed by atoms with Crippen molar-refractivity contribution in [2.45, 2.75) is 18.1 Å². The fraction of sp³-hybridized carbons (Fsp3) is 0.360. The minimum Gasteiger partial charge on any atom is -0.479 e. The molecule has 198 valence electrons. The number of ether oxygens (including phenoxy) is 2. The summed E-state index contributed by atoms with van der Waals surface area (Å²) in [6.45, 7) is 2.07. The Morgan fingerprint density at radius 3 is 2.41 bits per heavy atom. The number of aromatic nitrogens is 2. The van der Waals surface area contributed by atoms with Gasteiger partial charge in [-0.25, -0.2) is 13.9 Å². The van der Waals surface area contributed by atoms with Crippen LogP contribution in [0.1, 0.15) is 17.0 Å². The number of carbonyl (C=O) groups is 1. The number of carbonyl (C=O) groups excluding carboxylic acids is 1. The molecule has 2 heterocycles. The largest absolute Gasteiger partial charge is 0.479 e. The highest BCUT2D eigenvalue weighted by molar-refractivity contribution is 5.90. The van der Waals surface area contributed by atoms with E-state index in [1.807, 2.05) is 0 Å². The van der Waals surface area contributed by atoms with E-state index in [4.69, 9.17) is 9.47 Å². The number of para-hydroxylation sites is 1. The number of urea groups is 1. The van der Waals surface area contributed by atoms with Crippen LogP contribution in [0.25, 0.3) is 5.69 Å². The third kappa shape index (κ3) is 6.03. The van der Waals surface area contributed by atoms with Crippen LogP contribution in [0.3, 0.4) is 0 Å². The smallest absolute Gasteiger partial charge is 0.425 e. The van der Waals surface area contributed by atoms with Crippen molar-refractivity contribution in [2.75, 3.05) is 45.8 Å². The number of nitrogens with zero attached hydrogens (tertiary/aromatic N) is 3. The molecule has 2 atom stereocenters. The van der Waals surface area contributed by atoms with Gasteiger partial charge in [-0.1, -0.05) is 30.3 Å². The van der Waals surface area contributed by atoms with Gasteiger partial charge >= 0.3 is 12.2 Å². The first kappa shape index (κ1) is 26.4. The van der Waals surface area contributed by atoms with Gasteiger partial charge in [-0.05, 0) is 29.8 Å². The number of methoxy groups -OCH3 is 2. The van der Waals surface area contributed by atoms with Crippen LogP contribution in [-0.4, -0.2) is 67.2 Å². The van der Waals surface area contributed by atoms with Gasteiger partial charge in [0.1, 0.15) is 5.82 Å². The number of nitrogens with one attached hydrogen (secondary N) is 2. The molecule has 2 N–H and O–H groups in total. The van der Waals surface area contributed by atoms with Crippen LogP contribution in [-0.2, 0) is 10.9 Å². The lowest BCUT2D eigenvalue weighted by Crippen LogP contribution is -2.42. The van der Waals surface area contributed by atoms with Gasteiger partial charge in [0, 0.05) is 32.7 Å². The lowest BCUT2D eigenvalue weighted by molar-refractivity contribution is -0.138. The van der Waals surface area contributed by atoms with Gasteiger partial charge in [0.05, 0.1) is 25.4 Å². The summed E-state index contributed by atoms with van der Waals surface area (Å²) in [6.07, 6.45) is -4.85. The first-order valence-corrected chi connectivity index (χ1v) is 11.5. The van der Waals surface area contributed by atoms with E-state index in [0.717, 1.165) is 17.4 Å².